The van der Waals surface area contributed by atoms with Crippen molar-refractivity contribution >= 4 is 8.07 Å². The van der Waals surface area contributed by atoms with E-state index < -0.39 is 8.07 Å². The third-order valence-electron chi connectivity index (χ3n) is 6.77. The van der Waals surface area contributed by atoms with Gasteiger partial charge in [-0.15, -0.1) is 0 Å². The average molecular weight is 260 g/mol. The third-order valence-corrected chi connectivity index (χ3v) is 8.52. The zero-order valence-corrected chi connectivity index (χ0v) is 13.3. The average Bonchev–Trinajstić information content (AvgIpc) is 2.75. The van der Waals surface area contributed by atoms with E-state index in [0.29, 0.717) is 0 Å². The zero-order chi connectivity index (χ0) is 12.5. The molecule has 0 aromatic rings. The Morgan fingerprint density at radius 2 is 1.67 bits per heavy atom. The molecule has 0 aliphatic heterocycles. The molecular formula is C17H28Si. The van der Waals surface area contributed by atoms with E-state index in [-0.39, 0.29) is 0 Å². The SMILES string of the molecule is C[Si](C)(C)CC[C@]12C3C=CC1C2C1CCCCC13. The topological polar surface area (TPSA) is 0 Å². The Kier molecular flexibility index (Phi) is 2.31. The second-order valence-corrected chi connectivity index (χ2v) is 14.4. The molecule has 0 aromatic heterocycles. The van der Waals surface area contributed by atoms with Gasteiger partial charge >= 0.3 is 0 Å². The monoisotopic (exact) mass is 260 g/mol. The Bertz CT molecular complexity index is 391. The molecule has 0 amide bonds. The van der Waals surface area contributed by atoms with Gasteiger partial charge in [0.15, 0.2) is 0 Å². The molecule has 0 bridgehead atoms. The lowest BCUT2D eigenvalue weighted by Gasteiger charge is -2.32. The fourth-order valence-electron chi connectivity index (χ4n) is 6.06. The normalized spacial score (nSPS) is 52.3. The van der Waals surface area contributed by atoms with Crippen molar-refractivity contribution in [3.05, 3.63) is 12.2 Å². The van der Waals surface area contributed by atoms with E-state index in [2.05, 4.69) is 31.8 Å². The molecule has 4 rings (SSSR count). The molecule has 0 saturated heterocycles. The van der Waals surface area contributed by atoms with Gasteiger partial charge in [-0.25, -0.2) is 0 Å². The maximum absolute atomic E-state index is 2.65. The van der Waals surface area contributed by atoms with E-state index in [1.807, 2.05) is 0 Å². The maximum Gasteiger partial charge on any atom is 0.0442 e. The second-order valence-electron chi connectivity index (χ2n) is 8.75. The molecule has 3 saturated carbocycles. The van der Waals surface area contributed by atoms with Crippen molar-refractivity contribution < 1.29 is 0 Å². The summed E-state index contributed by atoms with van der Waals surface area (Å²) in [6, 6.07) is 1.57. The highest BCUT2D eigenvalue weighted by atomic mass is 28.3. The number of hydrogen-bond donors (Lipinski definition) is 0. The highest BCUT2D eigenvalue weighted by Crippen LogP contribution is 2.82. The largest absolute Gasteiger partial charge is 0.0842 e. The first-order chi connectivity index (χ1) is 8.54. The van der Waals surface area contributed by atoms with Gasteiger partial charge in [0.25, 0.3) is 0 Å². The molecule has 0 heterocycles. The number of fused-ring (bicyclic) bond motifs is 4. The van der Waals surface area contributed by atoms with E-state index in [1.165, 1.54) is 12.8 Å². The van der Waals surface area contributed by atoms with E-state index in [0.717, 1.165) is 35.0 Å². The summed E-state index contributed by atoms with van der Waals surface area (Å²) in [5, 5.41) is 0. The molecule has 4 aliphatic rings. The van der Waals surface area contributed by atoms with Crippen LogP contribution in [0.5, 0.6) is 0 Å². The molecule has 0 aromatic carbocycles. The first-order valence-corrected chi connectivity index (χ1v) is 11.9. The Labute approximate surface area is 113 Å². The lowest BCUT2D eigenvalue weighted by atomic mass is 9.73. The first kappa shape index (κ1) is 11.8. The number of allylic oxidation sites excluding steroid dienone is 2. The second kappa shape index (κ2) is 3.53. The Morgan fingerprint density at radius 3 is 2.39 bits per heavy atom. The van der Waals surface area contributed by atoms with E-state index in [4.69, 9.17) is 0 Å². The molecule has 4 aliphatic carbocycles. The van der Waals surface area contributed by atoms with Crippen LogP contribution in [0.3, 0.4) is 0 Å². The lowest BCUT2D eigenvalue weighted by molar-refractivity contribution is 0.195. The van der Waals surface area contributed by atoms with Gasteiger partial charge in [-0.05, 0) is 54.3 Å². The van der Waals surface area contributed by atoms with Crippen LogP contribution in [-0.4, -0.2) is 8.07 Å². The van der Waals surface area contributed by atoms with E-state index in [1.54, 1.807) is 25.3 Å². The standard InChI is InChI=1S/C17H28Si/c1-18(2,3)11-10-17-14-8-9-15(17)16(17)13-7-5-4-6-12(13)14/h8-9,12-16H,4-7,10-11H2,1-3H3/t12?,13?,14?,15?,16?,17-/m0/s1. The van der Waals surface area contributed by atoms with Crippen LogP contribution in [-0.2, 0) is 0 Å². The molecule has 1 heteroatoms. The Balaban J connectivity index is 1.57. The van der Waals surface area contributed by atoms with Crippen molar-refractivity contribution in [1.29, 1.82) is 0 Å². The molecule has 0 radical (unpaired) electrons. The predicted octanol–water partition coefficient (Wildman–Crippen LogP) is 4.95. The lowest BCUT2D eigenvalue weighted by Crippen LogP contribution is -2.26. The van der Waals surface area contributed by atoms with Crippen LogP contribution in [0.25, 0.3) is 0 Å². The fraction of sp³-hybridized carbons (Fsp3) is 0.882. The van der Waals surface area contributed by atoms with Crippen LogP contribution in [0, 0.1) is 35.0 Å². The zero-order valence-electron chi connectivity index (χ0n) is 12.3. The van der Waals surface area contributed by atoms with Gasteiger partial charge < -0.3 is 0 Å². The van der Waals surface area contributed by atoms with Gasteiger partial charge in [-0.1, -0.05) is 50.7 Å². The molecule has 0 N–H and O–H groups in total. The van der Waals surface area contributed by atoms with Crippen molar-refractivity contribution in [3.63, 3.8) is 0 Å². The minimum atomic E-state index is -0.853. The number of rotatable bonds is 3. The quantitative estimate of drug-likeness (QED) is 0.497. The Hall–Kier alpha value is -0.0431. The third kappa shape index (κ3) is 1.37. The van der Waals surface area contributed by atoms with Gasteiger partial charge in [0, 0.05) is 8.07 Å². The summed E-state index contributed by atoms with van der Waals surface area (Å²) in [6.45, 7) is 7.66. The molecule has 0 nitrogen and oxygen atoms in total. The molecular weight excluding hydrogens is 232 g/mol. The van der Waals surface area contributed by atoms with Crippen molar-refractivity contribution in [2.45, 2.75) is 57.8 Å². The van der Waals surface area contributed by atoms with Crippen LogP contribution in [0.2, 0.25) is 25.7 Å². The summed E-state index contributed by atoms with van der Waals surface area (Å²) in [4.78, 5) is 0. The van der Waals surface area contributed by atoms with Crippen molar-refractivity contribution in [1.82, 2.24) is 0 Å². The fourth-order valence-corrected chi connectivity index (χ4v) is 7.24. The summed E-state index contributed by atoms with van der Waals surface area (Å²) in [7, 11) is -0.853. The van der Waals surface area contributed by atoms with Crippen molar-refractivity contribution in [2.24, 2.45) is 35.0 Å². The van der Waals surface area contributed by atoms with Crippen molar-refractivity contribution in [3.8, 4) is 0 Å². The van der Waals surface area contributed by atoms with Gasteiger partial charge in [0.2, 0.25) is 0 Å². The van der Waals surface area contributed by atoms with Crippen LogP contribution < -0.4 is 0 Å². The summed E-state index contributed by atoms with van der Waals surface area (Å²) in [5.41, 5.74) is 0.806. The smallest absolute Gasteiger partial charge is 0.0442 e. The van der Waals surface area contributed by atoms with Crippen LogP contribution in [0.1, 0.15) is 32.1 Å². The van der Waals surface area contributed by atoms with E-state index in [9.17, 15) is 0 Å². The van der Waals surface area contributed by atoms with Crippen LogP contribution in [0.15, 0.2) is 12.2 Å². The molecule has 3 fully saturated rings. The van der Waals surface area contributed by atoms with Gasteiger partial charge in [0.1, 0.15) is 0 Å². The molecule has 0 spiro atoms. The summed E-state index contributed by atoms with van der Waals surface area (Å²) in [6.07, 6.45) is 13.0. The molecule has 100 valence electrons. The molecule has 18 heavy (non-hydrogen) atoms. The maximum atomic E-state index is 2.65. The molecule has 5 unspecified atom stereocenters. The van der Waals surface area contributed by atoms with Gasteiger partial charge in [0.05, 0.1) is 0 Å². The van der Waals surface area contributed by atoms with E-state index >= 15 is 0 Å². The summed E-state index contributed by atoms with van der Waals surface area (Å²) in [5.74, 6) is 5.40. The molecule has 6 atom stereocenters. The summed E-state index contributed by atoms with van der Waals surface area (Å²) < 4.78 is 0. The van der Waals surface area contributed by atoms with Crippen molar-refractivity contribution in [2.75, 3.05) is 0 Å². The predicted molar refractivity (Wildman–Crippen MR) is 80.3 cm³/mol. The van der Waals surface area contributed by atoms with Crippen LogP contribution >= 0.6 is 0 Å². The van der Waals surface area contributed by atoms with Gasteiger partial charge in [-0.2, -0.15) is 0 Å². The first-order valence-electron chi connectivity index (χ1n) is 8.22. The van der Waals surface area contributed by atoms with Crippen LogP contribution in [0.4, 0.5) is 0 Å². The highest BCUT2D eigenvalue weighted by Gasteiger charge is 2.76. The minimum Gasteiger partial charge on any atom is -0.0842 e. The minimum absolute atomic E-state index is 0.806. The van der Waals surface area contributed by atoms with Gasteiger partial charge in [-0.3, -0.25) is 0 Å². The summed E-state index contributed by atoms with van der Waals surface area (Å²) >= 11 is 0. The Morgan fingerprint density at radius 1 is 1.00 bits per heavy atom. The number of hydrogen-bond acceptors (Lipinski definition) is 0. The highest BCUT2D eigenvalue weighted by molar-refractivity contribution is 6.76.